The van der Waals surface area contributed by atoms with Crippen molar-refractivity contribution in [3.63, 3.8) is 0 Å². The highest BCUT2D eigenvalue weighted by molar-refractivity contribution is 5.86. The summed E-state index contributed by atoms with van der Waals surface area (Å²) in [6, 6.07) is 10.1. The maximum atomic E-state index is 10.7. The van der Waals surface area contributed by atoms with Crippen molar-refractivity contribution in [3.8, 4) is 0 Å². The van der Waals surface area contributed by atoms with E-state index in [1.807, 2.05) is 25.1 Å². The van der Waals surface area contributed by atoms with E-state index >= 15 is 0 Å². The zero-order chi connectivity index (χ0) is 11.3. The van der Waals surface area contributed by atoms with Gasteiger partial charge in [-0.3, -0.25) is 0 Å². The molecular weight excluding hydrogens is 188 g/mol. The molecule has 0 radical (unpaired) electrons. The van der Waals surface area contributed by atoms with Gasteiger partial charge < -0.3 is 5.11 Å². The summed E-state index contributed by atoms with van der Waals surface area (Å²) in [6.07, 6.45) is 1.71. The molecule has 0 bridgehead atoms. The molecule has 1 aromatic carbocycles. The van der Waals surface area contributed by atoms with Gasteiger partial charge in [0.05, 0.1) is 0 Å². The quantitative estimate of drug-likeness (QED) is 0.765. The Morgan fingerprint density at radius 2 is 1.80 bits per heavy atom. The Kier molecular flexibility index (Phi) is 4.10. The van der Waals surface area contributed by atoms with Gasteiger partial charge in [0.15, 0.2) is 0 Å². The van der Waals surface area contributed by atoms with Crippen LogP contribution in [-0.4, -0.2) is 11.1 Å². The molecule has 0 aliphatic heterocycles. The number of hydrogen-bond acceptors (Lipinski definition) is 1. The van der Waals surface area contributed by atoms with Crippen molar-refractivity contribution in [1.82, 2.24) is 0 Å². The van der Waals surface area contributed by atoms with Crippen LogP contribution in [0.25, 0.3) is 0 Å². The molecule has 0 amide bonds. The third kappa shape index (κ3) is 3.58. The van der Waals surface area contributed by atoms with Crippen molar-refractivity contribution < 1.29 is 9.90 Å². The molecule has 2 nitrogen and oxygen atoms in total. The monoisotopic (exact) mass is 204 g/mol. The number of carboxylic acid groups (broad SMARTS) is 1. The van der Waals surface area contributed by atoms with Crippen molar-refractivity contribution >= 4 is 5.97 Å². The molecule has 0 aliphatic carbocycles. The van der Waals surface area contributed by atoms with Gasteiger partial charge >= 0.3 is 5.97 Å². The zero-order valence-corrected chi connectivity index (χ0v) is 9.16. The molecule has 0 aliphatic rings. The molecule has 0 unspecified atom stereocenters. The van der Waals surface area contributed by atoms with Crippen LogP contribution in [0.5, 0.6) is 0 Å². The first-order valence-corrected chi connectivity index (χ1v) is 5.05. The molecule has 2 heteroatoms. The molecule has 15 heavy (non-hydrogen) atoms. The van der Waals surface area contributed by atoms with E-state index in [9.17, 15) is 4.79 Å². The highest BCUT2D eigenvalue weighted by atomic mass is 16.4. The predicted molar refractivity (Wildman–Crippen MR) is 60.8 cm³/mol. The summed E-state index contributed by atoms with van der Waals surface area (Å²) in [4.78, 5) is 10.7. The Morgan fingerprint density at radius 1 is 1.20 bits per heavy atom. The Labute approximate surface area is 90.3 Å². The third-order valence-electron chi connectivity index (χ3n) is 2.59. The van der Waals surface area contributed by atoms with Gasteiger partial charge in [-0.2, -0.15) is 0 Å². The van der Waals surface area contributed by atoms with Crippen LogP contribution >= 0.6 is 0 Å². The first-order chi connectivity index (χ1) is 7.11. The van der Waals surface area contributed by atoms with Crippen molar-refractivity contribution in [3.05, 3.63) is 47.0 Å². The molecule has 1 rings (SSSR count). The number of allylic oxidation sites excluding steroid dienone is 1. The van der Waals surface area contributed by atoms with E-state index in [-0.39, 0.29) is 0 Å². The Balaban J connectivity index is 2.58. The molecule has 0 atom stereocenters. The molecule has 0 aromatic heterocycles. The SMILES string of the molecule is CC(CCc1ccccc1)=C(C)C(=O)O. The van der Waals surface area contributed by atoms with Gasteiger partial charge in [-0.25, -0.2) is 4.79 Å². The fraction of sp³-hybridized carbons (Fsp3) is 0.308. The summed E-state index contributed by atoms with van der Waals surface area (Å²) >= 11 is 0. The number of aryl methyl sites for hydroxylation is 1. The molecular formula is C13H16O2. The van der Waals surface area contributed by atoms with Crippen LogP contribution < -0.4 is 0 Å². The maximum absolute atomic E-state index is 10.7. The van der Waals surface area contributed by atoms with Gasteiger partial charge in [-0.05, 0) is 32.3 Å². The first kappa shape index (κ1) is 11.5. The van der Waals surface area contributed by atoms with E-state index in [4.69, 9.17) is 5.11 Å². The van der Waals surface area contributed by atoms with E-state index in [1.54, 1.807) is 6.92 Å². The summed E-state index contributed by atoms with van der Waals surface area (Å²) in [6.45, 7) is 3.54. The second kappa shape index (κ2) is 5.35. The lowest BCUT2D eigenvalue weighted by Crippen LogP contribution is -2.00. The number of hydrogen-bond donors (Lipinski definition) is 1. The van der Waals surface area contributed by atoms with E-state index in [0.29, 0.717) is 5.57 Å². The van der Waals surface area contributed by atoms with Crippen LogP contribution in [0.1, 0.15) is 25.8 Å². The van der Waals surface area contributed by atoms with E-state index in [2.05, 4.69) is 12.1 Å². The van der Waals surface area contributed by atoms with Crippen LogP contribution in [0.2, 0.25) is 0 Å². The zero-order valence-electron chi connectivity index (χ0n) is 9.16. The molecule has 1 aromatic rings. The minimum Gasteiger partial charge on any atom is -0.478 e. The lowest BCUT2D eigenvalue weighted by Gasteiger charge is -2.04. The maximum Gasteiger partial charge on any atom is 0.331 e. The van der Waals surface area contributed by atoms with Crippen LogP contribution in [-0.2, 0) is 11.2 Å². The normalized spacial score (nSPS) is 12.1. The number of carboxylic acids is 1. The lowest BCUT2D eigenvalue weighted by molar-refractivity contribution is -0.132. The topological polar surface area (TPSA) is 37.3 Å². The second-order valence-electron chi connectivity index (χ2n) is 3.70. The summed E-state index contributed by atoms with van der Waals surface area (Å²) in [5.41, 5.74) is 2.66. The summed E-state index contributed by atoms with van der Waals surface area (Å²) < 4.78 is 0. The molecule has 0 fully saturated rings. The van der Waals surface area contributed by atoms with Crippen molar-refractivity contribution in [2.45, 2.75) is 26.7 Å². The molecule has 0 spiro atoms. The van der Waals surface area contributed by atoms with Crippen molar-refractivity contribution in [2.75, 3.05) is 0 Å². The second-order valence-corrected chi connectivity index (χ2v) is 3.70. The van der Waals surface area contributed by atoms with E-state index in [1.165, 1.54) is 5.56 Å². The van der Waals surface area contributed by atoms with Crippen LogP contribution in [0.3, 0.4) is 0 Å². The molecule has 80 valence electrons. The minimum atomic E-state index is -0.819. The Bertz CT molecular complexity index is 363. The standard InChI is InChI=1S/C13H16O2/c1-10(11(2)13(14)15)8-9-12-6-4-3-5-7-12/h3-7H,8-9H2,1-2H3,(H,14,15). The number of carbonyl (C=O) groups is 1. The minimum absolute atomic E-state index is 0.464. The Hall–Kier alpha value is -1.57. The Morgan fingerprint density at radius 3 is 2.33 bits per heavy atom. The largest absolute Gasteiger partial charge is 0.478 e. The van der Waals surface area contributed by atoms with Gasteiger partial charge in [-0.1, -0.05) is 35.9 Å². The highest BCUT2D eigenvalue weighted by Crippen LogP contribution is 2.12. The smallest absolute Gasteiger partial charge is 0.331 e. The van der Waals surface area contributed by atoms with Crippen molar-refractivity contribution in [1.29, 1.82) is 0 Å². The van der Waals surface area contributed by atoms with Gasteiger partial charge in [0.2, 0.25) is 0 Å². The number of benzene rings is 1. The fourth-order valence-electron chi connectivity index (χ4n) is 1.35. The number of aliphatic carboxylic acids is 1. The first-order valence-electron chi connectivity index (χ1n) is 5.05. The molecule has 1 N–H and O–H groups in total. The van der Waals surface area contributed by atoms with Gasteiger partial charge in [0.25, 0.3) is 0 Å². The van der Waals surface area contributed by atoms with Crippen molar-refractivity contribution in [2.24, 2.45) is 0 Å². The number of rotatable bonds is 4. The average molecular weight is 204 g/mol. The summed E-state index contributed by atoms with van der Waals surface area (Å²) in [5, 5.41) is 8.79. The lowest BCUT2D eigenvalue weighted by atomic mass is 10.0. The molecule has 0 saturated heterocycles. The third-order valence-corrected chi connectivity index (χ3v) is 2.59. The highest BCUT2D eigenvalue weighted by Gasteiger charge is 2.04. The van der Waals surface area contributed by atoms with Crippen LogP contribution in [0.15, 0.2) is 41.5 Å². The summed E-state index contributed by atoms with van der Waals surface area (Å²) in [7, 11) is 0. The predicted octanol–water partition coefficient (Wildman–Crippen LogP) is 3.04. The van der Waals surface area contributed by atoms with Gasteiger partial charge in [-0.15, -0.1) is 0 Å². The van der Waals surface area contributed by atoms with Gasteiger partial charge in [0.1, 0.15) is 0 Å². The van der Waals surface area contributed by atoms with E-state index in [0.717, 1.165) is 18.4 Å². The fourth-order valence-corrected chi connectivity index (χ4v) is 1.35. The average Bonchev–Trinajstić information content (AvgIpc) is 2.26. The van der Waals surface area contributed by atoms with Crippen LogP contribution in [0.4, 0.5) is 0 Å². The molecule has 0 heterocycles. The van der Waals surface area contributed by atoms with Crippen LogP contribution in [0, 0.1) is 0 Å². The summed E-state index contributed by atoms with van der Waals surface area (Å²) in [5.74, 6) is -0.819. The van der Waals surface area contributed by atoms with Gasteiger partial charge in [0, 0.05) is 5.57 Å². The van der Waals surface area contributed by atoms with E-state index < -0.39 is 5.97 Å². The molecule has 0 saturated carbocycles.